The molecule has 1 fully saturated rings. The summed E-state index contributed by atoms with van der Waals surface area (Å²) in [5, 5.41) is 0. The number of ether oxygens (including phenoxy) is 2. The Balaban J connectivity index is 2.02. The Morgan fingerprint density at radius 1 is 0.952 bits per heavy atom. The topological polar surface area (TPSA) is 42.0 Å². The van der Waals surface area contributed by atoms with Gasteiger partial charge in [-0.1, -0.05) is 13.8 Å². The van der Waals surface area contributed by atoms with Crippen LogP contribution >= 0.6 is 0 Å². The average molecular weight is 300 g/mol. The summed E-state index contributed by atoms with van der Waals surface area (Å²) >= 11 is 0. The molecular weight excluding hydrogens is 268 g/mol. The number of hydrogen-bond acceptors (Lipinski definition) is 4. The van der Waals surface area contributed by atoms with Gasteiger partial charge in [-0.2, -0.15) is 0 Å². The molecule has 0 unspecified atom stereocenters. The SMILES string of the molecule is CC(C)COCCOCCC(=O)N1CCN(C(C)C)CC1. The Hall–Kier alpha value is -0.650. The Morgan fingerprint density at radius 3 is 2.14 bits per heavy atom. The second-order valence-electron chi connectivity index (χ2n) is 6.34. The van der Waals surface area contributed by atoms with Crippen LogP contribution in [-0.4, -0.2) is 74.4 Å². The van der Waals surface area contributed by atoms with Crippen molar-refractivity contribution in [2.24, 2.45) is 5.92 Å². The minimum Gasteiger partial charge on any atom is -0.379 e. The minimum atomic E-state index is 0.210. The molecule has 0 aromatic carbocycles. The average Bonchev–Trinajstić information content (AvgIpc) is 2.45. The number of piperazine rings is 1. The van der Waals surface area contributed by atoms with Crippen LogP contribution in [0.15, 0.2) is 0 Å². The maximum Gasteiger partial charge on any atom is 0.224 e. The summed E-state index contributed by atoms with van der Waals surface area (Å²) in [4.78, 5) is 16.4. The first-order valence-electron chi connectivity index (χ1n) is 8.18. The predicted octanol–water partition coefficient (Wildman–Crippen LogP) is 1.62. The molecule has 1 rings (SSSR count). The quantitative estimate of drug-likeness (QED) is 0.607. The number of carbonyl (C=O) groups excluding carboxylic acids is 1. The number of rotatable bonds is 9. The molecule has 0 bridgehead atoms. The van der Waals surface area contributed by atoms with E-state index in [0.29, 0.717) is 38.2 Å². The van der Waals surface area contributed by atoms with Gasteiger partial charge in [0.15, 0.2) is 0 Å². The third-order valence-corrected chi connectivity index (χ3v) is 3.68. The number of hydrogen-bond donors (Lipinski definition) is 0. The van der Waals surface area contributed by atoms with Gasteiger partial charge in [0, 0.05) is 38.8 Å². The van der Waals surface area contributed by atoms with Crippen LogP contribution in [0.3, 0.4) is 0 Å². The van der Waals surface area contributed by atoms with E-state index in [2.05, 4.69) is 32.6 Å². The summed E-state index contributed by atoms with van der Waals surface area (Å²) in [5.41, 5.74) is 0. The smallest absolute Gasteiger partial charge is 0.224 e. The van der Waals surface area contributed by atoms with E-state index >= 15 is 0 Å². The maximum absolute atomic E-state index is 12.0. The van der Waals surface area contributed by atoms with E-state index < -0.39 is 0 Å². The van der Waals surface area contributed by atoms with Crippen molar-refractivity contribution in [3.8, 4) is 0 Å². The van der Waals surface area contributed by atoms with Crippen LogP contribution in [0.2, 0.25) is 0 Å². The molecule has 0 aliphatic carbocycles. The Bertz CT molecular complexity index is 287. The normalized spacial score (nSPS) is 17.0. The van der Waals surface area contributed by atoms with Crippen molar-refractivity contribution in [2.45, 2.75) is 40.2 Å². The molecule has 0 spiro atoms. The van der Waals surface area contributed by atoms with E-state index in [9.17, 15) is 4.79 Å². The molecule has 1 aliphatic rings. The van der Waals surface area contributed by atoms with Gasteiger partial charge in [-0.25, -0.2) is 0 Å². The summed E-state index contributed by atoms with van der Waals surface area (Å²) in [6.45, 7) is 14.7. The summed E-state index contributed by atoms with van der Waals surface area (Å²) in [6, 6.07) is 0.566. The molecule has 0 radical (unpaired) electrons. The number of carbonyl (C=O) groups is 1. The summed E-state index contributed by atoms with van der Waals surface area (Å²) in [6.07, 6.45) is 0.478. The first-order valence-corrected chi connectivity index (χ1v) is 8.18. The summed E-state index contributed by atoms with van der Waals surface area (Å²) < 4.78 is 10.9. The fourth-order valence-corrected chi connectivity index (χ4v) is 2.34. The molecule has 0 atom stereocenters. The van der Waals surface area contributed by atoms with Crippen LogP contribution in [0.25, 0.3) is 0 Å². The standard InChI is InChI=1S/C16H32N2O3/c1-14(2)13-21-12-11-20-10-5-16(19)18-8-6-17(7-9-18)15(3)4/h14-15H,5-13H2,1-4H3. The molecule has 1 heterocycles. The second kappa shape index (κ2) is 10.1. The molecule has 0 aromatic heterocycles. The lowest BCUT2D eigenvalue weighted by atomic mass is 10.2. The van der Waals surface area contributed by atoms with Gasteiger partial charge in [-0.05, 0) is 19.8 Å². The van der Waals surface area contributed by atoms with Crippen LogP contribution in [0.1, 0.15) is 34.1 Å². The Labute approximate surface area is 129 Å². The molecule has 0 aromatic rings. The molecule has 1 aliphatic heterocycles. The lowest BCUT2D eigenvalue weighted by Crippen LogP contribution is -2.50. The van der Waals surface area contributed by atoms with E-state index in [1.165, 1.54) is 0 Å². The van der Waals surface area contributed by atoms with Crippen LogP contribution in [0.5, 0.6) is 0 Å². The van der Waals surface area contributed by atoms with Gasteiger partial charge >= 0.3 is 0 Å². The maximum atomic E-state index is 12.0. The Morgan fingerprint density at radius 2 is 1.57 bits per heavy atom. The zero-order valence-corrected chi connectivity index (χ0v) is 14.1. The highest BCUT2D eigenvalue weighted by Gasteiger charge is 2.21. The summed E-state index contributed by atoms with van der Waals surface area (Å²) in [7, 11) is 0. The molecule has 0 saturated carbocycles. The van der Waals surface area contributed by atoms with E-state index in [0.717, 1.165) is 32.8 Å². The van der Waals surface area contributed by atoms with Crippen LogP contribution in [0, 0.1) is 5.92 Å². The molecule has 0 N–H and O–H groups in total. The van der Waals surface area contributed by atoms with Gasteiger partial charge in [-0.15, -0.1) is 0 Å². The van der Waals surface area contributed by atoms with Crippen molar-refractivity contribution < 1.29 is 14.3 Å². The highest BCUT2D eigenvalue weighted by atomic mass is 16.5. The predicted molar refractivity (Wildman–Crippen MR) is 84.4 cm³/mol. The van der Waals surface area contributed by atoms with Crippen LogP contribution in [-0.2, 0) is 14.3 Å². The molecule has 124 valence electrons. The third-order valence-electron chi connectivity index (χ3n) is 3.68. The third kappa shape index (κ3) is 7.79. The first-order chi connectivity index (χ1) is 10.0. The van der Waals surface area contributed by atoms with Gasteiger partial charge in [0.25, 0.3) is 0 Å². The summed E-state index contributed by atoms with van der Waals surface area (Å²) in [5.74, 6) is 0.762. The zero-order valence-electron chi connectivity index (χ0n) is 14.1. The minimum absolute atomic E-state index is 0.210. The molecule has 1 saturated heterocycles. The second-order valence-corrected chi connectivity index (χ2v) is 6.34. The van der Waals surface area contributed by atoms with Gasteiger partial charge in [-0.3, -0.25) is 9.69 Å². The Kier molecular flexibility index (Phi) is 8.88. The van der Waals surface area contributed by atoms with Gasteiger partial charge < -0.3 is 14.4 Å². The highest BCUT2D eigenvalue weighted by Crippen LogP contribution is 2.07. The monoisotopic (exact) mass is 300 g/mol. The molecule has 5 heteroatoms. The largest absolute Gasteiger partial charge is 0.379 e. The van der Waals surface area contributed by atoms with Crippen LogP contribution in [0.4, 0.5) is 0 Å². The fraction of sp³-hybridized carbons (Fsp3) is 0.938. The van der Waals surface area contributed by atoms with Crippen molar-refractivity contribution in [2.75, 3.05) is 52.6 Å². The van der Waals surface area contributed by atoms with Crippen molar-refractivity contribution in [3.05, 3.63) is 0 Å². The highest BCUT2D eigenvalue weighted by molar-refractivity contribution is 5.76. The molecule has 1 amide bonds. The van der Waals surface area contributed by atoms with E-state index in [1.54, 1.807) is 0 Å². The van der Waals surface area contributed by atoms with Crippen LogP contribution < -0.4 is 0 Å². The van der Waals surface area contributed by atoms with Crippen molar-refractivity contribution >= 4 is 5.91 Å². The van der Waals surface area contributed by atoms with Crippen molar-refractivity contribution in [1.82, 2.24) is 9.80 Å². The number of amides is 1. The van der Waals surface area contributed by atoms with Gasteiger partial charge in [0.05, 0.1) is 26.2 Å². The van der Waals surface area contributed by atoms with E-state index in [-0.39, 0.29) is 5.91 Å². The van der Waals surface area contributed by atoms with Crippen molar-refractivity contribution in [1.29, 1.82) is 0 Å². The van der Waals surface area contributed by atoms with Gasteiger partial charge in [0.2, 0.25) is 5.91 Å². The lowest BCUT2D eigenvalue weighted by Gasteiger charge is -2.37. The molecular formula is C16H32N2O3. The number of nitrogens with zero attached hydrogens (tertiary/aromatic N) is 2. The zero-order chi connectivity index (χ0) is 15.7. The van der Waals surface area contributed by atoms with E-state index in [4.69, 9.17) is 9.47 Å². The fourth-order valence-electron chi connectivity index (χ4n) is 2.34. The van der Waals surface area contributed by atoms with E-state index in [1.807, 2.05) is 4.90 Å². The lowest BCUT2D eigenvalue weighted by molar-refractivity contribution is -0.134. The van der Waals surface area contributed by atoms with Gasteiger partial charge in [0.1, 0.15) is 0 Å². The molecule has 5 nitrogen and oxygen atoms in total. The molecule has 21 heavy (non-hydrogen) atoms. The first kappa shape index (κ1) is 18.4. The van der Waals surface area contributed by atoms with Crippen molar-refractivity contribution in [3.63, 3.8) is 0 Å².